The highest BCUT2D eigenvalue weighted by Crippen LogP contribution is 2.28. The first kappa shape index (κ1) is 15.8. The molecular weight excluding hydrogens is 306 g/mol. The summed E-state index contributed by atoms with van der Waals surface area (Å²) >= 11 is 1.68. The minimum atomic E-state index is -3.45. The van der Waals surface area contributed by atoms with Gasteiger partial charge in [0.15, 0.2) is 0 Å². The van der Waals surface area contributed by atoms with Gasteiger partial charge in [0.25, 0.3) is 0 Å². The van der Waals surface area contributed by atoms with Crippen LogP contribution < -0.4 is 10.6 Å². The average molecular weight is 325 g/mol. The van der Waals surface area contributed by atoms with Crippen molar-refractivity contribution in [3.05, 3.63) is 40.6 Å². The Balaban J connectivity index is 2.27. The Bertz CT molecular complexity index is 710. The van der Waals surface area contributed by atoms with Gasteiger partial charge in [-0.2, -0.15) is 0 Å². The summed E-state index contributed by atoms with van der Waals surface area (Å²) in [4.78, 5) is 3.44. The van der Waals surface area contributed by atoms with Crippen LogP contribution in [0, 0.1) is 0 Å². The fourth-order valence-electron chi connectivity index (χ4n) is 1.97. The number of thiophene rings is 1. The molecule has 2 rings (SSSR count). The highest BCUT2D eigenvalue weighted by Gasteiger charge is 2.18. The molecule has 0 unspecified atom stereocenters. The van der Waals surface area contributed by atoms with Crippen molar-refractivity contribution in [1.82, 2.24) is 4.31 Å². The summed E-state index contributed by atoms with van der Waals surface area (Å²) < 4.78 is 25.3. The molecule has 0 atom stereocenters. The van der Waals surface area contributed by atoms with Gasteiger partial charge in [0.1, 0.15) is 0 Å². The first-order chi connectivity index (χ1) is 9.82. The van der Waals surface area contributed by atoms with Crippen molar-refractivity contribution in [3.63, 3.8) is 0 Å². The normalized spacial score (nSPS) is 11.8. The molecule has 0 aliphatic carbocycles. The van der Waals surface area contributed by atoms with E-state index in [9.17, 15) is 8.42 Å². The van der Waals surface area contributed by atoms with Crippen molar-refractivity contribution in [2.45, 2.75) is 11.4 Å². The van der Waals surface area contributed by atoms with E-state index in [1.807, 2.05) is 23.4 Å². The molecule has 0 saturated carbocycles. The number of nitrogens with two attached hydrogens (primary N) is 1. The number of nitrogen functional groups attached to an aromatic ring is 1. The fourth-order valence-corrected chi connectivity index (χ4v) is 3.67. The quantitative estimate of drug-likeness (QED) is 0.856. The first-order valence-electron chi connectivity index (χ1n) is 6.38. The van der Waals surface area contributed by atoms with Crippen LogP contribution in [0.25, 0.3) is 0 Å². The van der Waals surface area contributed by atoms with E-state index >= 15 is 0 Å². The Labute approximate surface area is 129 Å². The van der Waals surface area contributed by atoms with E-state index in [1.54, 1.807) is 23.5 Å². The highest BCUT2D eigenvalue weighted by molar-refractivity contribution is 7.89. The Hall–Kier alpha value is -1.57. The Morgan fingerprint density at radius 1 is 1.19 bits per heavy atom. The summed E-state index contributed by atoms with van der Waals surface area (Å²) in [6, 6.07) is 8.91. The summed E-state index contributed by atoms with van der Waals surface area (Å²) in [5, 5.41) is 2.03. The van der Waals surface area contributed by atoms with Gasteiger partial charge in [-0.05, 0) is 29.6 Å². The van der Waals surface area contributed by atoms with Crippen LogP contribution in [0.3, 0.4) is 0 Å². The van der Waals surface area contributed by atoms with Crippen molar-refractivity contribution in [2.24, 2.45) is 0 Å². The van der Waals surface area contributed by atoms with Crippen LogP contribution in [0.5, 0.6) is 0 Å². The maximum absolute atomic E-state index is 12.1. The molecule has 0 spiro atoms. The third kappa shape index (κ3) is 3.37. The zero-order valence-corrected chi connectivity index (χ0v) is 13.9. The number of benzene rings is 1. The highest BCUT2D eigenvalue weighted by atomic mass is 32.2. The molecule has 2 aromatic rings. The molecule has 0 aliphatic rings. The largest absolute Gasteiger partial charge is 0.397 e. The molecule has 0 aliphatic heterocycles. The number of hydrogen-bond donors (Lipinski definition) is 1. The zero-order valence-electron chi connectivity index (χ0n) is 12.3. The molecule has 5 nitrogen and oxygen atoms in total. The fraction of sp³-hybridized carbons (Fsp3) is 0.286. The lowest BCUT2D eigenvalue weighted by atomic mass is 10.2. The van der Waals surface area contributed by atoms with Crippen molar-refractivity contribution < 1.29 is 8.42 Å². The van der Waals surface area contributed by atoms with Gasteiger partial charge in [-0.3, -0.25) is 0 Å². The topological polar surface area (TPSA) is 66.6 Å². The predicted molar refractivity (Wildman–Crippen MR) is 88.2 cm³/mol. The van der Waals surface area contributed by atoms with Gasteiger partial charge in [-0.15, -0.1) is 11.3 Å². The smallest absolute Gasteiger partial charge is 0.242 e. The summed E-state index contributed by atoms with van der Waals surface area (Å²) in [7, 11) is 1.49. The lowest BCUT2D eigenvalue weighted by Gasteiger charge is -2.21. The van der Waals surface area contributed by atoms with Crippen LogP contribution >= 0.6 is 11.3 Å². The summed E-state index contributed by atoms with van der Waals surface area (Å²) in [5.41, 5.74) is 7.30. The average Bonchev–Trinajstić information content (AvgIpc) is 2.90. The second kappa shape index (κ2) is 6.05. The standard InChI is InChI=1S/C14H19N3O2S2/c1-16(2)21(18,19)12-6-7-14(13(15)9-12)17(3)10-11-5-4-8-20-11/h4-9H,10,15H2,1-3H3. The summed E-state index contributed by atoms with van der Waals surface area (Å²) in [5.74, 6) is 0. The monoisotopic (exact) mass is 325 g/mol. The van der Waals surface area contributed by atoms with Crippen molar-refractivity contribution >= 4 is 32.7 Å². The number of nitrogens with zero attached hydrogens (tertiary/aromatic N) is 2. The van der Waals surface area contributed by atoms with E-state index in [2.05, 4.69) is 6.07 Å². The zero-order chi connectivity index (χ0) is 15.6. The van der Waals surface area contributed by atoms with E-state index in [4.69, 9.17) is 5.73 Å². The molecule has 2 N–H and O–H groups in total. The van der Waals surface area contributed by atoms with Crippen LogP contribution in [0.15, 0.2) is 40.6 Å². The SMILES string of the molecule is CN(Cc1cccs1)c1ccc(S(=O)(=O)N(C)C)cc1N. The molecule has 0 saturated heterocycles. The van der Waals surface area contributed by atoms with Gasteiger partial charge in [-0.25, -0.2) is 12.7 Å². The predicted octanol–water partition coefficient (Wildman–Crippen LogP) is 2.22. The molecule has 1 heterocycles. The van der Waals surface area contributed by atoms with Crippen LogP contribution in [-0.4, -0.2) is 33.9 Å². The molecule has 0 fully saturated rings. The van der Waals surface area contributed by atoms with Crippen molar-refractivity contribution in [3.8, 4) is 0 Å². The van der Waals surface area contributed by atoms with Gasteiger partial charge in [0, 0.05) is 26.0 Å². The van der Waals surface area contributed by atoms with Gasteiger partial charge in [0.05, 0.1) is 22.8 Å². The van der Waals surface area contributed by atoms with Crippen LogP contribution in [0.2, 0.25) is 0 Å². The molecular formula is C14H19N3O2S2. The molecule has 0 radical (unpaired) electrons. The van der Waals surface area contributed by atoms with Gasteiger partial charge >= 0.3 is 0 Å². The van der Waals surface area contributed by atoms with Crippen LogP contribution in [-0.2, 0) is 16.6 Å². The van der Waals surface area contributed by atoms with Gasteiger partial charge in [-0.1, -0.05) is 6.07 Å². The third-order valence-corrected chi connectivity index (χ3v) is 5.83. The third-order valence-electron chi connectivity index (χ3n) is 3.16. The molecule has 21 heavy (non-hydrogen) atoms. The Morgan fingerprint density at radius 3 is 2.43 bits per heavy atom. The maximum atomic E-state index is 12.1. The number of sulfonamides is 1. The minimum Gasteiger partial charge on any atom is -0.397 e. The number of anilines is 2. The second-order valence-corrected chi connectivity index (χ2v) is 8.13. The molecule has 0 amide bonds. The molecule has 7 heteroatoms. The van der Waals surface area contributed by atoms with Crippen molar-refractivity contribution in [2.75, 3.05) is 31.8 Å². The van der Waals surface area contributed by atoms with Crippen LogP contribution in [0.1, 0.15) is 4.88 Å². The molecule has 1 aromatic heterocycles. The molecule has 1 aromatic carbocycles. The van der Waals surface area contributed by atoms with E-state index in [0.717, 1.165) is 12.2 Å². The van der Waals surface area contributed by atoms with E-state index < -0.39 is 10.0 Å². The van der Waals surface area contributed by atoms with E-state index in [-0.39, 0.29) is 4.90 Å². The molecule has 0 bridgehead atoms. The van der Waals surface area contributed by atoms with Crippen LogP contribution in [0.4, 0.5) is 11.4 Å². The van der Waals surface area contributed by atoms with E-state index in [0.29, 0.717) is 5.69 Å². The number of hydrogen-bond acceptors (Lipinski definition) is 5. The Kier molecular flexibility index (Phi) is 4.55. The summed E-state index contributed by atoms with van der Waals surface area (Å²) in [6.45, 7) is 0.738. The first-order valence-corrected chi connectivity index (χ1v) is 8.70. The van der Waals surface area contributed by atoms with Gasteiger partial charge < -0.3 is 10.6 Å². The van der Waals surface area contributed by atoms with E-state index in [1.165, 1.54) is 29.3 Å². The molecule has 114 valence electrons. The minimum absolute atomic E-state index is 0.207. The lowest BCUT2D eigenvalue weighted by Crippen LogP contribution is -2.23. The second-order valence-electron chi connectivity index (χ2n) is 4.94. The van der Waals surface area contributed by atoms with Crippen molar-refractivity contribution in [1.29, 1.82) is 0 Å². The summed E-state index contributed by atoms with van der Waals surface area (Å²) in [6.07, 6.45) is 0. The Morgan fingerprint density at radius 2 is 1.90 bits per heavy atom. The maximum Gasteiger partial charge on any atom is 0.242 e. The lowest BCUT2D eigenvalue weighted by molar-refractivity contribution is 0.521. The van der Waals surface area contributed by atoms with Gasteiger partial charge in [0.2, 0.25) is 10.0 Å². The number of rotatable bonds is 5.